The molecule has 0 amide bonds. The first kappa shape index (κ1) is 12.3. The second-order valence-corrected chi connectivity index (χ2v) is 4.62. The number of benzene rings is 1. The van der Waals surface area contributed by atoms with E-state index in [-0.39, 0.29) is 12.2 Å². The van der Waals surface area contributed by atoms with Crippen LogP contribution in [0.2, 0.25) is 0 Å². The molecular formula is C13H16N4O2. The van der Waals surface area contributed by atoms with Gasteiger partial charge in [0.1, 0.15) is 18.2 Å². The number of morpholine rings is 1. The van der Waals surface area contributed by atoms with E-state index in [0.29, 0.717) is 12.6 Å². The number of rotatable bonds is 3. The Kier molecular flexibility index (Phi) is 3.52. The molecule has 0 bridgehead atoms. The van der Waals surface area contributed by atoms with Crippen LogP contribution in [0, 0.1) is 0 Å². The molecule has 2 heterocycles. The molecule has 2 unspecified atom stereocenters. The van der Waals surface area contributed by atoms with Gasteiger partial charge in [0.15, 0.2) is 0 Å². The van der Waals surface area contributed by atoms with Crippen LogP contribution in [0.3, 0.4) is 0 Å². The van der Waals surface area contributed by atoms with Crippen molar-refractivity contribution in [2.24, 2.45) is 0 Å². The molecule has 2 aromatic rings. The van der Waals surface area contributed by atoms with Crippen molar-refractivity contribution >= 4 is 11.0 Å². The zero-order valence-electron chi connectivity index (χ0n) is 10.7. The first-order valence-corrected chi connectivity index (χ1v) is 6.40. The molecule has 0 radical (unpaired) electrons. The molecular weight excluding hydrogens is 244 g/mol. The summed E-state index contributed by atoms with van der Waals surface area (Å²) in [5, 5.41) is 11.3. The van der Waals surface area contributed by atoms with E-state index in [1.807, 2.05) is 31.2 Å². The molecule has 1 aromatic carbocycles. The molecule has 100 valence electrons. The van der Waals surface area contributed by atoms with Crippen LogP contribution < -0.4 is 10.1 Å². The highest BCUT2D eigenvalue weighted by Gasteiger charge is 2.19. The number of fused-ring (bicyclic) bond motifs is 1. The zero-order chi connectivity index (χ0) is 13.1. The summed E-state index contributed by atoms with van der Waals surface area (Å²) in [4.78, 5) is 4.31. The molecule has 6 nitrogen and oxygen atoms in total. The lowest BCUT2D eigenvalue weighted by Gasteiger charge is -2.28. The van der Waals surface area contributed by atoms with Crippen molar-refractivity contribution in [3.63, 3.8) is 0 Å². The van der Waals surface area contributed by atoms with Crippen molar-refractivity contribution in [2.45, 2.75) is 19.1 Å². The summed E-state index contributed by atoms with van der Waals surface area (Å²) in [6.45, 7) is 4.13. The molecule has 1 fully saturated rings. The first-order valence-electron chi connectivity index (χ1n) is 6.40. The van der Waals surface area contributed by atoms with E-state index in [0.717, 1.165) is 24.1 Å². The number of aromatic nitrogens is 3. The van der Waals surface area contributed by atoms with Gasteiger partial charge in [-0.25, -0.2) is 0 Å². The molecule has 0 saturated carbocycles. The fourth-order valence-electron chi connectivity index (χ4n) is 2.06. The maximum absolute atomic E-state index is 5.73. The monoisotopic (exact) mass is 260 g/mol. The standard InChI is InChI=1S/C13H16N4O2/c1-9-6-14-7-10(19-9)8-18-13-15-11-4-2-3-5-12(11)16-17-13/h2-5,9-10,14H,6-8H2,1H3. The van der Waals surface area contributed by atoms with E-state index in [9.17, 15) is 0 Å². The van der Waals surface area contributed by atoms with Crippen molar-refractivity contribution in [1.29, 1.82) is 0 Å². The van der Waals surface area contributed by atoms with Gasteiger partial charge < -0.3 is 14.8 Å². The number of nitrogens with zero attached hydrogens (tertiary/aromatic N) is 3. The highest BCUT2D eigenvalue weighted by molar-refractivity contribution is 5.73. The van der Waals surface area contributed by atoms with Gasteiger partial charge in [-0.1, -0.05) is 17.2 Å². The second-order valence-electron chi connectivity index (χ2n) is 4.62. The number of para-hydroxylation sites is 1. The lowest BCUT2D eigenvalue weighted by atomic mass is 10.2. The Hall–Kier alpha value is -1.79. The Bertz CT molecular complexity index is 563. The van der Waals surface area contributed by atoms with Gasteiger partial charge in [0.25, 0.3) is 0 Å². The van der Waals surface area contributed by atoms with E-state index in [1.165, 1.54) is 0 Å². The minimum atomic E-state index is 0.0267. The Balaban J connectivity index is 1.64. The van der Waals surface area contributed by atoms with Gasteiger partial charge in [-0.05, 0) is 19.1 Å². The Morgan fingerprint density at radius 1 is 1.26 bits per heavy atom. The Morgan fingerprint density at radius 3 is 2.95 bits per heavy atom. The quantitative estimate of drug-likeness (QED) is 0.879. The molecule has 1 aliphatic heterocycles. The minimum Gasteiger partial charge on any atom is -0.460 e. The van der Waals surface area contributed by atoms with E-state index >= 15 is 0 Å². The summed E-state index contributed by atoms with van der Waals surface area (Å²) in [6.07, 6.45) is 0.233. The van der Waals surface area contributed by atoms with Gasteiger partial charge in [-0.3, -0.25) is 0 Å². The molecule has 1 aliphatic rings. The Morgan fingerprint density at radius 2 is 2.11 bits per heavy atom. The molecule has 0 spiro atoms. The maximum Gasteiger partial charge on any atom is 0.336 e. The number of hydrogen-bond donors (Lipinski definition) is 1. The fourth-order valence-corrected chi connectivity index (χ4v) is 2.06. The number of nitrogens with one attached hydrogen (secondary N) is 1. The smallest absolute Gasteiger partial charge is 0.336 e. The van der Waals surface area contributed by atoms with E-state index in [2.05, 4.69) is 20.5 Å². The molecule has 1 N–H and O–H groups in total. The van der Waals surface area contributed by atoms with Crippen molar-refractivity contribution in [3.8, 4) is 6.01 Å². The van der Waals surface area contributed by atoms with Gasteiger partial charge in [0.2, 0.25) is 0 Å². The van der Waals surface area contributed by atoms with Crippen molar-refractivity contribution in [2.75, 3.05) is 19.7 Å². The third-order valence-electron chi connectivity index (χ3n) is 2.97. The largest absolute Gasteiger partial charge is 0.460 e. The second kappa shape index (κ2) is 5.46. The lowest BCUT2D eigenvalue weighted by molar-refractivity contribution is -0.0484. The number of ether oxygens (including phenoxy) is 2. The van der Waals surface area contributed by atoms with Crippen LogP contribution in [0.4, 0.5) is 0 Å². The van der Waals surface area contributed by atoms with Crippen molar-refractivity contribution < 1.29 is 9.47 Å². The van der Waals surface area contributed by atoms with E-state index in [4.69, 9.17) is 9.47 Å². The summed E-state index contributed by atoms with van der Waals surface area (Å²) >= 11 is 0. The molecule has 0 aliphatic carbocycles. The van der Waals surface area contributed by atoms with E-state index in [1.54, 1.807) is 0 Å². The van der Waals surface area contributed by atoms with Gasteiger partial charge in [0.05, 0.1) is 11.6 Å². The van der Waals surface area contributed by atoms with Gasteiger partial charge >= 0.3 is 6.01 Å². The first-order chi connectivity index (χ1) is 9.31. The highest BCUT2D eigenvalue weighted by atomic mass is 16.5. The summed E-state index contributed by atoms with van der Waals surface area (Å²) in [5.41, 5.74) is 1.54. The predicted octanol–water partition coefficient (Wildman–Crippen LogP) is 0.780. The zero-order valence-corrected chi connectivity index (χ0v) is 10.7. The van der Waals surface area contributed by atoms with Crippen LogP contribution in [-0.4, -0.2) is 47.1 Å². The van der Waals surface area contributed by atoms with Crippen LogP contribution in [0.15, 0.2) is 24.3 Å². The normalized spacial score (nSPS) is 23.4. The summed E-state index contributed by atoms with van der Waals surface area (Å²) < 4.78 is 11.3. The predicted molar refractivity (Wildman–Crippen MR) is 70.0 cm³/mol. The van der Waals surface area contributed by atoms with E-state index < -0.39 is 0 Å². The van der Waals surface area contributed by atoms with Crippen LogP contribution in [-0.2, 0) is 4.74 Å². The topological polar surface area (TPSA) is 69.2 Å². The summed E-state index contributed by atoms with van der Waals surface area (Å²) in [7, 11) is 0. The van der Waals surface area contributed by atoms with Gasteiger partial charge in [-0.15, -0.1) is 5.10 Å². The molecule has 19 heavy (non-hydrogen) atoms. The van der Waals surface area contributed by atoms with Crippen molar-refractivity contribution in [1.82, 2.24) is 20.5 Å². The fraction of sp³-hybridized carbons (Fsp3) is 0.462. The molecule has 1 aromatic heterocycles. The third-order valence-corrected chi connectivity index (χ3v) is 2.97. The summed E-state index contributed by atoms with van der Waals surface area (Å²) in [5.74, 6) is 0. The van der Waals surface area contributed by atoms with Gasteiger partial charge in [0, 0.05) is 13.1 Å². The maximum atomic E-state index is 5.73. The van der Waals surface area contributed by atoms with Crippen LogP contribution in [0.5, 0.6) is 6.01 Å². The van der Waals surface area contributed by atoms with Crippen LogP contribution in [0.25, 0.3) is 11.0 Å². The van der Waals surface area contributed by atoms with Crippen LogP contribution >= 0.6 is 0 Å². The lowest BCUT2D eigenvalue weighted by Crippen LogP contribution is -2.45. The average Bonchev–Trinajstić information content (AvgIpc) is 2.45. The molecule has 2 atom stereocenters. The molecule has 6 heteroatoms. The SMILES string of the molecule is CC1CNCC(COc2nnc3ccccc3n2)O1. The average molecular weight is 260 g/mol. The third kappa shape index (κ3) is 2.97. The molecule has 3 rings (SSSR count). The summed E-state index contributed by atoms with van der Waals surface area (Å²) in [6, 6.07) is 7.87. The minimum absolute atomic E-state index is 0.0267. The van der Waals surface area contributed by atoms with Gasteiger partial charge in [-0.2, -0.15) is 4.98 Å². The number of hydrogen-bond acceptors (Lipinski definition) is 6. The van der Waals surface area contributed by atoms with Crippen molar-refractivity contribution in [3.05, 3.63) is 24.3 Å². The Labute approximate surface area is 111 Å². The van der Waals surface area contributed by atoms with Crippen LogP contribution in [0.1, 0.15) is 6.92 Å². The molecule has 1 saturated heterocycles. The highest BCUT2D eigenvalue weighted by Crippen LogP contribution is 2.11.